The third kappa shape index (κ3) is 5.35. The van der Waals surface area contributed by atoms with Crippen LogP contribution in [0.4, 0.5) is 10.1 Å². The molecule has 6 nitrogen and oxygen atoms in total. The van der Waals surface area contributed by atoms with Gasteiger partial charge in [-0.15, -0.1) is 0 Å². The standard InChI is InChI=1S/C28H25FN4O2S/c29-26-19-23(18-25(20-26)24-9-12-30-13-10-24)4-3-22-5-7-27(8-6-22)32-14-16-33(17-15-32)36(34,35)28-2-1-11-31-21-28/h1-13,18-21H,14-17H2/b4-3+. The van der Waals surface area contributed by atoms with Gasteiger partial charge >= 0.3 is 0 Å². The highest BCUT2D eigenvalue weighted by Crippen LogP contribution is 2.24. The van der Waals surface area contributed by atoms with Crippen molar-refractivity contribution < 1.29 is 12.8 Å². The van der Waals surface area contributed by atoms with E-state index in [9.17, 15) is 12.8 Å². The summed E-state index contributed by atoms with van der Waals surface area (Å²) in [6.07, 6.45) is 10.2. The maximum atomic E-state index is 14.2. The fraction of sp³-hybridized carbons (Fsp3) is 0.143. The van der Waals surface area contributed by atoms with Gasteiger partial charge in [0, 0.05) is 56.7 Å². The van der Waals surface area contributed by atoms with Gasteiger partial charge in [-0.2, -0.15) is 4.31 Å². The molecule has 0 aliphatic carbocycles. The van der Waals surface area contributed by atoms with E-state index in [-0.39, 0.29) is 10.7 Å². The van der Waals surface area contributed by atoms with Crippen molar-refractivity contribution in [3.8, 4) is 11.1 Å². The van der Waals surface area contributed by atoms with Gasteiger partial charge in [-0.3, -0.25) is 9.97 Å². The molecule has 1 aliphatic heterocycles. The smallest absolute Gasteiger partial charge is 0.244 e. The summed E-state index contributed by atoms with van der Waals surface area (Å²) in [4.78, 5) is 10.3. The molecular formula is C28H25FN4O2S. The number of piperazine rings is 1. The zero-order valence-electron chi connectivity index (χ0n) is 19.5. The number of rotatable bonds is 6. The van der Waals surface area contributed by atoms with Crippen molar-refractivity contribution in [1.82, 2.24) is 14.3 Å². The van der Waals surface area contributed by atoms with Crippen LogP contribution in [-0.2, 0) is 10.0 Å². The second-order valence-electron chi connectivity index (χ2n) is 8.51. The molecule has 0 spiro atoms. The Hall–Kier alpha value is -3.88. The Morgan fingerprint density at radius 3 is 2.17 bits per heavy atom. The predicted molar refractivity (Wildman–Crippen MR) is 140 cm³/mol. The van der Waals surface area contributed by atoms with E-state index in [0.29, 0.717) is 26.2 Å². The van der Waals surface area contributed by atoms with Gasteiger partial charge in [-0.05, 0) is 76.9 Å². The van der Waals surface area contributed by atoms with Crippen LogP contribution < -0.4 is 4.90 Å². The first-order valence-corrected chi connectivity index (χ1v) is 13.1. The Morgan fingerprint density at radius 1 is 0.750 bits per heavy atom. The molecule has 182 valence electrons. The predicted octanol–water partition coefficient (Wildman–Crippen LogP) is 4.96. The van der Waals surface area contributed by atoms with Crippen LogP contribution in [0.2, 0.25) is 0 Å². The van der Waals surface area contributed by atoms with Crippen LogP contribution in [0, 0.1) is 5.82 Å². The Balaban J connectivity index is 1.23. The van der Waals surface area contributed by atoms with Crippen LogP contribution in [0.3, 0.4) is 0 Å². The first-order valence-electron chi connectivity index (χ1n) is 11.6. The summed E-state index contributed by atoms with van der Waals surface area (Å²) in [7, 11) is -3.53. The third-order valence-corrected chi connectivity index (χ3v) is 8.05. The number of halogens is 1. The van der Waals surface area contributed by atoms with Crippen molar-refractivity contribution in [2.75, 3.05) is 31.1 Å². The number of nitrogens with zero attached hydrogens (tertiary/aromatic N) is 4. The summed E-state index contributed by atoms with van der Waals surface area (Å²) < 4.78 is 41.3. The molecule has 5 rings (SSSR count). The monoisotopic (exact) mass is 500 g/mol. The van der Waals surface area contributed by atoms with Crippen molar-refractivity contribution in [3.63, 3.8) is 0 Å². The lowest BCUT2D eigenvalue weighted by Gasteiger charge is -2.35. The van der Waals surface area contributed by atoms with Crippen LogP contribution >= 0.6 is 0 Å². The van der Waals surface area contributed by atoms with Crippen LogP contribution in [0.5, 0.6) is 0 Å². The van der Waals surface area contributed by atoms with Crippen LogP contribution in [-0.4, -0.2) is 48.9 Å². The second kappa shape index (κ2) is 10.4. The number of benzene rings is 2. The SMILES string of the molecule is O=S(=O)(c1cccnc1)N1CCN(c2ccc(/C=C/c3cc(F)cc(-c4ccncc4)c3)cc2)CC1. The summed E-state index contributed by atoms with van der Waals surface area (Å²) in [6.45, 7) is 2.04. The van der Waals surface area contributed by atoms with E-state index < -0.39 is 10.0 Å². The molecule has 2 aromatic carbocycles. The van der Waals surface area contributed by atoms with Gasteiger partial charge in [0.1, 0.15) is 10.7 Å². The second-order valence-corrected chi connectivity index (χ2v) is 10.5. The molecular weight excluding hydrogens is 475 g/mol. The average molecular weight is 501 g/mol. The highest BCUT2D eigenvalue weighted by molar-refractivity contribution is 7.89. The highest BCUT2D eigenvalue weighted by Gasteiger charge is 2.28. The van der Waals surface area contributed by atoms with Gasteiger partial charge in [0.15, 0.2) is 0 Å². The maximum Gasteiger partial charge on any atom is 0.244 e. The Kier molecular flexibility index (Phi) is 6.88. The molecule has 3 heterocycles. The fourth-order valence-corrected chi connectivity index (χ4v) is 5.63. The van der Waals surface area contributed by atoms with Crippen molar-refractivity contribution in [3.05, 3.63) is 108 Å². The molecule has 1 fully saturated rings. The number of aromatic nitrogens is 2. The van der Waals surface area contributed by atoms with Gasteiger partial charge in [0.05, 0.1) is 0 Å². The number of anilines is 1. The third-order valence-electron chi connectivity index (χ3n) is 6.17. The summed E-state index contributed by atoms with van der Waals surface area (Å²) in [6, 6.07) is 20.0. The number of sulfonamides is 1. The summed E-state index contributed by atoms with van der Waals surface area (Å²) >= 11 is 0. The molecule has 0 atom stereocenters. The van der Waals surface area contributed by atoms with Crippen LogP contribution in [0.15, 0.2) is 96.4 Å². The fourth-order valence-electron chi connectivity index (χ4n) is 4.24. The number of pyridine rings is 2. The Morgan fingerprint density at radius 2 is 1.47 bits per heavy atom. The van der Waals surface area contributed by atoms with Gasteiger partial charge in [0.2, 0.25) is 10.0 Å². The number of hydrogen-bond acceptors (Lipinski definition) is 5. The molecule has 0 bridgehead atoms. The van der Waals surface area contributed by atoms with Crippen LogP contribution in [0.25, 0.3) is 23.3 Å². The van der Waals surface area contributed by atoms with Crippen molar-refractivity contribution in [1.29, 1.82) is 0 Å². The van der Waals surface area contributed by atoms with Crippen LogP contribution in [0.1, 0.15) is 11.1 Å². The summed E-state index contributed by atoms with van der Waals surface area (Å²) in [5, 5.41) is 0. The Labute approximate surface area is 210 Å². The topological polar surface area (TPSA) is 66.4 Å². The lowest BCUT2D eigenvalue weighted by molar-refractivity contribution is 0.385. The largest absolute Gasteiger partial charge is 0.369 e. The minimum absolute atomic E-state index is 0.223. The summed E-state index contributed by atoms with van der Waals surface area (Å²) in [5.41, 5.74) is 4.52. The molecule has 0 radical (unpaired) electrons. The first kappa shape index (κ1) is 23.8. The molecule has 2 aromatic heterocycles. The molecule has 0 unspecified atom stereocenters. The number of hydrogen-bond donors (Lipinski definition) is 0. The van der Waals surface area contributed by atoms with Crippen molar-refractivity contribution in [2.45, 2.75) is 4.90 Å². The lowest BCUT2D eigenvalue weighted by atomic mass is 10.0. The van der Waals surface area contributed by atoms with E-state index in [1.165, 1.54) is 22.6 Å². The van der Waals surface area contributed by atoms with E-state index in [2.05, 4.69) is 14.9 Å². The van der Waals surface area contributed by atoms with E-state index in [0.717, 1.165) is 27.9 Å². The van der Waals surface area contributed by atoms with E-state index in [1.807, 2.05) is 54.6 Å². The Bertz CT molecular complexity index is 1450. The first-order chi connectivity index (χ1) is 17.5. The lowest BCUT2D eigenvalue weighted by Crippen LogP contribution is -2.48. The van der Waals surface area contributed by atoms with Gasteiger partial charge < -0.3 is 4.90 Å². The minimum atomic E-state index is -3.53. The quantitative estimate of drug-likeness (QED) is 0.350. The zero-order valence-corrected chi connectivity index (χ0v) is 20.4. The molecule has 4 aromatic rings. The average Bonchev–Trinajstić information content (AvgIpc) is 2.93. The molecule has 0 amide bonds. The van der Waals surface area contributed by atoms with Crippen molar-refractivity contribution >= 4 is 27.9 Å². The molecule has 36 heavy (non-hydrogen) atoms. The molecule has 8 heteroatoms. The zero-order chi connectivity index (χ0) is 25.0. The normalized spacial score (nSPS) is 14.9. The molecule has 1 saturated heterocycles. The van der Waals surface area contributed by atoms with Gasteiger partial charge in [0.25, 0.3) is 0 Å². The molecule has 0 saturated carbocycles. The van der Waals surface area contributed by atoms with Crippen molar-refractivity contribution in [2.24, 2.45) is 0 Å². The maximum absolute atomic E-state index is 14.2. The highest BCUT2D eigenvalue weighted by atomic mass is 32.2. The van der Waals surface area contributed by atoms with Gasteiger partial charge in [-0.25, -0.2) is 12.8 Å². The summed E-state index contributed by atoms with van der Waals surface area (Å²) in [5.74, 6) is -0.288. The van der Waals surface area contributed by atoms with Gasteiger partial charge in [-0.1, -0.05) is 24.3 Å². The van der Waals surface area contributed by atoms with E-state index in [1.54, 1.807) is 30.7 Å². The molecule has 0 N–H and O–H groups in total. The van der Waals surface area contributed by atoms with E-state index >= 15 is 0 Å². The molecule has 1 aliphatic rings. The van der Waals surface area contributed by atoms with E-state index in [4.69, 9.17) is 0 Å². The minimum Gasteiger partial charge on any atom is -0.369 e.